The van der Waals surface area contributed by atoms with Gasteiger partial charge in [-0.05, 0) is 30.7 Å². The van der Waals surface area contributed by atoms with Gasteiger partial charge in [0.1, 0.15) is 11.8 Å². The van der Waals surface area contributed by atoms with Crippen LogP contribution in [0.4, 0.5) is 5.69 Å². The van der Waals surface area contributed by atoms with Crippen molar-refractivity contribution in [3.05, 3.63) is 59.1 Å². The number of hydrogen-bond donors (Lipinski definition) is 1. The molecule has 1 amide bonds. The molecular weight excluding hydrogens is 388 g/mol. The predicted molar refractivity (Wildman–Crippen MR) is 108 cm³/mol. The molecule has 0 aliphatic carbocycles. The van der Waals surface area contributed by atoms with Crippen LogP contribution in [0.25, 0.3) is 0 Å². The average molecular weight is 411 g/mol. The van der Waals surface area contributed by atoms with Crippen LogP contribution < -0.4 is 14.4 Å². The van der Waals surface area contributed by atoms with Crippen LogP contribution in [0.2, 0.25) is 5.02 Å². The number of benzene rings is 2. The predicted octanol–water partition coefficient (Wildman–Crippen LogP) is 3.21. The molecule has 0 bridgehead atoms. The van der Waals surface area contributed by atoms with Crippen molar-refractivity contribution in [2.45, 2.75) is 25.9 Å². The van der Waals surface area contributed by atoms with Crippen molar-refractivity contribution < 1.29 is 17.9 Å². The van der Waals surface area contributed by atoms with Crippen LogP contribution in [0.15, 0.2) is 48.5 Å². The van der Waals surface area contributed by atoms with Crippen molar-refractivity contribution in [2.75, 3.05) is 17.7 Å². The van der Waals surface area contributed by atoms with E-state index in [4.69, 9.17) is 16.3 Å². The van der Waals surface area contributed by atoms with Crippen molar-refractivity contribution in [3.8, 4) is 5.75 Å². The first-order valence-electron chi connectivity index (χ1n) is 8.42. The van der Waals surface area contributed by atoms with Crippen LogP contribution in [0.5, 0.6) is 5.75 Å². The van der Waals surface area contributed by atoms with Crippen LogP contribution in [-0.2, 0) is 21.4 Å². The van der Waals surface area contributed by atoms with Gasteiger partial charge in [-0.15, -0.1) is 0 Å². The molecule has 146 valence electrons. The number of methoxy groups -OCH3 is 1. The molecule has 1 N–H and O–H groups in total. The summed E-state index contributed by atoms with van der Waals surface area (Å²) >= 11 is 6.01. The van der Waals surface area contributed by atoms with Gasteiger partial charge in [-0.2, -0.15) is 0 Å². The zero-order valence-corrected chi connectivity index (χ0v) is 17.0. The minimum atomic E-state index is -3.70. The summed E-state index contributed by atoms with van der Waals surface area (Å²) in [4.78, 5) is 12.8. The lowest BCUT2D eigenvalue weighted by Gasteiger charge is -2.30. The van der Waals surface area contributed by atoms with E-state index in [1.165, 1.54) is 6.07 Å². The fraction of sp³-hybridized carbons (Fsp3) is 0.316. The number of nitrogens with one attached hydrogen (secondary N) is 1. The Labute approximate surface area is 165 Å². The summed E-state index contributed by atoms with van der Waals surface area (Å²) in [7, 11) is -2.14. The molecule has 0 saturated carbocycles. The number of hydrogen-bond acceptors (Lipinski definition) is 4. The van der Waals surface area contributed by atoms with E-state index in [0.29, 0.717) is 22.9 Å². The molecule has 0 aromatic heterocycles. The molecule has 6 nitrogen and oxygen atoms in total. The third-order valence-corrected chi connectivity index (χ3v) is 5.45. The van der Waals surface area contributed by atoms with Gasteiger partial charge >= 0.3 is 0 Å². The molecule has 2 aromatic rings. The fourth-order valence-electron chi connectivity index (χ4n) is 2.82. The summed E-state index contributed by atoms with van der Waals surface area (Å²) in [5.74, 6) is 0.259. The molecule has 0 aliphatic rings. The van der Waals surface area contributed by atoms with E-state index in [1.807, 2.05) is 18.2 Å². The lowest BCUT2D eigenvalue weighted by Crippen LogP contribution is -2.49. The molecule has 2 aromatic carbocycles. The van der Waals surface area contributed by atoms with E-state index in [9.17, 15) is 13.2 Å². The normalized spacial score (nSPS) is 12.3. The fourth-order valence-corrected chi connectivity index (χ4v) is 4.21. The second-order valence-electron chi connectivity index (χ2n) is 5.99. The highest BCUT2D eigenvalue weighted by Crippen LogP contribution is 2.25. The lowest BCUT2D eigenvalue weighted by atomic mass is 10.1. The molecule has 2 rings (SSSR count). The summed E-state index contributed by atoms with van der Waals surface area (Å²) in [5.41, 5.74) is 1.15. The third-order valence-electron chi connectivity index (χ3n) is 4.04. The number of sulfonamides is 1. The van der Waals surface area contributed by atoms with Gasteiger partial charge in [-0.1, -0.05) is 42.8 Å². The molecule has 0 saturated heterocycles. The van der Waals surface area contributed by atoms with Gasteiger partial charge in [0.15, 0.2) is 0 Å². The molecule has 0 spiro atoms. The molecule has 8 heteroatoms. The number of rotatable bonds is 8. The zero-order valence-electron chi connectivity index (χ0n) is 15.5. The lowest BCUT2D eigenvalue weighted by molar-refractivity contribution is -0.122. The quantitative estimate of drug-likeness (QED) is 0.725. The summed E-state index contributed by atoms with van der Waals surface area (Å²) in [5, 5.41) is 3.20. The van der Waals surface area contributed by atoms with E-state index in [2.05, 4.69) is 5.32 Å². The highest BCUT2D eigenvalue weighted by atomic mass is 35.5. The molecular formula is C19H23ClN2O4S. The number of para-hydroxylation sites is 1. The Balaban J connectivity index is 2.27. The standard InChI is InChI=1S/C19H23ClN2O4S/c1-4-17(19(23)21-13-14-8-5-6-11-18(14)26-2)22(27(3,24)25)16-10-7-9-15(20)12-16/h5-12,17H,4,13H2,1-3H3,(H,21,23). The monoisotopic (exact) mass is 410 g/mol. The second kappa shape index (κ2) is 9.10. The maximum absolute atomic E-state index is 12.8. The molecule has 0 fully saturated rings. The third kappa shape index (κ3) is 5.37. The maximum atomic E-state index is 12.8. The van der Waals surface area contributed by atoms with Crippen LogP contribution in [0, 0.1) is 0 Å². The molecule has 1 unspecified atom stereocenters. The van der Waals surface area contributed by atoms with Gasteiger partial charge in [0.2, 0.25) is 15.9 Å². The largest absolute Gasteiger partial charge is 0.496 e. The number of amides is 1. The van der Waals surface area contributed by atoms with Crippen LogP contribution >= 0.6 is 11.6 Å². The van der Waals surface area contributed by atoms with Gasteiger partial charge in [0.05, 0.1) is 19.1 Å². The van der Waals surface area contributed by atoms with Gasteiger partial charge < -0.3 is 10.1 Å². The number of carbonyl (C=O) groups excluding carboxylic acids is 1. The van der Waals surface area contributed by atoms with Crippen molar-refractivity contribution in [3.63, 3.8) is 0 Å². The maximum Gasteiger partial charge on any atom is 0.244 e. The topological polar surface area (TPSA) is 75.7 Å². The Bertz CT molecular complexity index is 902. The minimum Gasteiger partial charge on any atom is -0.496 e. The van der Waals surface area contributed by atoms with E-state index < -0.39 is 22.0 Å². The van der Waals surface area contributed by atoms with Crippen LogP contribution in [0.3, 0.4) is 0 Å². The molecule has 0 aliphatic heterocycles. The van der Waals surface area contributed by atoms with Gasteiger partial charge in [-0.25, -0.2) is 8.42 Å². The van der Waals surface area contributed by atoms with Crippen LogP contribution in [0.1, 0.15) is 18.9 Å². The first-order valence-corrected chi connectivity index (χ1v) is 10.6. The SMILES string of the molecule is CCC(C(=O)NCc1ccccc1OC)N(c1cccc(Cl)c1)S(C)(=O)=O. The number of carbonyl (C=O) groups is 1. The van der Waals surface area contributed by atoms with Gasteiger partial charge in [0.25, 0.3) is 0 Å². The molecule has 0 heterocycles. The summed E-state index contributed by atoms with van der Waals surface area (Å²) < 4.78 is 31.2. The Hall–Kier alpha value is -2.25. The van der Waals surface area contributed by atoms with Crippen molar-refractivity contribution >= 4 is 33.2 Å². The van der Waals surface area contributed by atoms with Crippen molar-refractivity contribution in [2.24, 2.45) is 0 Å². The number of nitrogens with zero attached hydrogens (tertiary/aromatic N) is 1. The van der Waals surface area contributed by atoms with Gasteiger partial charge in [0, 0.05) is 17.1 Å². The summed E-state index contributed by atoms with van der Waals surface area (Å²) in [6, 6.07) is 12.9. The highest BCUT2D eigenvalue weighted by molar-refractivity contribution is 7.92. The Morgan fingerprint density at radius 2 is 1.93 bits per heavy atom. The summed E-state index contributed by atoms with van der Waals surface area (Å²) in [6.07, 6.45) is 1.38. The Morgan fingerprint density at radius 3 is 2.52 bits per heavy atom. The molecule has 27 heavy (non-hydrogen) atoms. The first-order chi connectivity index (χ1) is 12.8. The molecule has 1 atom stereocenters. The van der Waals surface area contributed by atoms with E-state index >= 15 is 0 Å². The smallest absolute Gasteiger partial charge is 0.244 e. The van der Waals surface area contributed by atoms with E-state index in [1.54, 1.807) is 38.3 Å². The van der Waals surface area contributed by atoms with Crippen molar-refractivity contribution in [1.82, 2.24) is 5.32 Å². The van der Waals surface area contributed by atoms with Gasteiger partial charge in [-0.3, -0.25) is 9.10 Å². The number of anilines is 1. The minimum absolute atomic E-state index is 0.229. The molecule has 0 radical (unpaired) electrons. The van der Waals surface area contributed by atoms with E-state index in [-0.39, 0.29) is 6.54 Å². The Morgan fingerprint density at radius 1 is 1.22 bits per heavy atom. The average Bonchev–Trinajstić information content (AvgIpc) is 2.63. The van der Waals surface area contributed by atoms with Crippen LogP contribution in [-0.4, -0.2) is 33.7 Å². The highest BCUT2D eigenvalue weighted by Gasteiger charge is 2.31. The summed E-state index contributed by atoms with van der Waals surface area (Å²) in [6.45, 7) is 1.99. The van der Waals surface area contributed by atoms with E-state index in [0.717, 1.165) is 16.1 Å². The second-order valence-corrected chi connectivity index (χ2v) is 8.29. The number of ether oxygens (including phenoxy) is 1. The first kappa shape index (κ1) is 21.1. The number of halogens is 1. The Kier molecular flexibility index (Phi) is 7.10. The zero-order chi connectivity index (χ0) is 20.0. The van der Waals surface area contributed by atoms with Crippen molar-refractivity contribution in [1.29, 1.82) is 0 Å².